The van der Waals surface area contributed by atoms with Crippen LogP contribution in [-0.2, 0) is 9.84 Å². The first-order valence-corrected chi connectivity index (χ1v) is 11.3. The van der Waals surface area contributed by atoms with Gasteiger partial charge in [-0.25, -0.2) is 8.42 Å². The van der Waals surface area contributed by atoms with E-state index in [1.165, 1.54) is 0 Å². The van der Waals surface area contributed by atoms with E-state index < -0.39 is 15.9 Å². The van der Waals surface area contributed by atoms with Crippen molar-refractivity contribution in [1.29, 1.82) is 0 Å². The van der Waals surface area contributed by atoms with Gasteiger partial charge in [0.15, 0.2) is 15.8 Å². The summed E-state index contributed by atoms with van der Waals surface area (Å²) in [7, 11) is -2.88. The molecule has 27 heavy (non-hydrogen) atoms. The molecule has 1 aromatic rings. The predicted molar refractivity (Wildman–Crippen MR) is 108 cm³/mol. The number of aliphatic hydroxyl groups is 1. The normalized spacial score (nSPS) is 20.5. The van der Waals surface area contributed by atoms with E-state index in [2.05, 4.69) is 15.6 Å². The molecule has 2 atom stereocenters. The van der Waals surface area contributed by atoms with Gasteiger partial charge in [-0.3, -0.25) is 4.99 Å². The van der Waals surface area contributed by atoms with Crippen LogP contribution in [0, 0.1) is 5.92 Å². The number of ether oxygens (including phenoxy) is 1. The molecule has 1 fully saturated rings. The smallest absolute Gasteiger partial charge is 0.191 e. The van der Waals surface area contributed by atoms with E-state index in [9.17, 15) is 13.5 Å². The summed E-state index contributed by atoms with van der Waals surface area (Å²) < 4.78 is 28.7. The van der Waals surface area contributed by atoms with E-state index in [0.717, 1.165) is 11.3 Å². The van der Waals surface area contributed by atoms with Crippen molar-refractivity contribution in [3.05, 3.63) is 29.8 Å². The summed E-state index contributed by atoms with van der Waals surface area (Å²) in [6, 6.07) is 7.35. The molecule has 1 heterocycles. The molecule has 0 saturated carbocycles. The molecule has 0 aromatic heterocycles. The lowest BCUT2D eigenvalue weighted by Gasteiger charge is -2.16. The topological polar surface area (TPSA) is 100 Å². The zero-order valence-electron chi connectivity index (χ0n) is 16.3. The fraction of sp³-hybridized carbons (Fsp3) is 0.632. The van der Waals surface area contributed by atoms with Crippen LogP contribution in [0.2, 0.25) is 0 Å². The van der Waals surface area contributed by atoms with Crippen LogP contribution in [0.25, 0.3) is 0 Å². The zero-order valence-corrected chi connectivity index (χ0v) is 17.1. The van der Waals surface area contributed by atoms with Crippen molar-refractivity contribution < 1.29 is 18.3 Å². The van der Waals surface area contributed by atoms with Crippen molar-refractivity contribution in [2.24, 2.45) is 10.9 Å². The Balaban J connectivity index is 1.89. The Kier molecular flexibility index (Phi) is 7.91. The van der Waals surface area contributed by atoms with E-state index in [1.807, 2.05) is 45.0 Å². The molecule has 7 nitrogen and oxygen atoms in total. The number of benzene rings is 1. The van der Waals surface area contributed by atoms with Gasteiger partial charge in [-0.2, -0.15) is 0 Å². The first-order chi connectivity index (χ1) is 12.8. The number of sulfone groups is 1. The highest BCUT2D eigenvalue weighted by Crippen LogP contribution is 2.19. The molecule has 0 aliphatic carbocycles. The Morgan fingerprint density at radius 1 is 1.30 bits per heavy atom. The molecule has 0 amide bonds. The van der Waals surface area contributed by atoms with Gasteiger partial charge in [-0.05, 0) is 50.8 Å². The minimum atomic E-state index is -2.88. The molecule has 1 saturated heterocycles. The highest BCUT2D eigenvalue weighted by atomic mass is 32.2. The monoisotopic (exact) mass is 397 g/mol. The number of guanidine groups is 1. The van der Waals surface area contributed by atoms with Crippen LogP contribution < -0.4 is 15.4 Å². The van der Waals surface area contributed by atoms with Crippen LogP contribution in [0.4, 0.5) is 0 Å². The van der Waals surface area contributed by atoms with Crippen molar-refractivity contribution in [2.45, 2.75) is 39.4 Å². The van der Waals surface area contributed by atoms with Crippen LogP contribution in [0.5, 0.6) is 5.75 Å². The fourth-order valence-electron chi connectivity index (χ4n) is 2.94. The first-order valence-electron chi connectivity index (χ1n) is 9.46. The second-order valence-corrected chi connectivity index (χ2v) is 9.35. The molecular formula is C19H31N3O4S. The van der Waals surface area contributed by atoms with Crippen molar-refractivity contribution >= 4 is 15.8 Å². The van der Waals surface area contributed by atoms with Gasteiger partial charge < -0.3 is 20.5 Å². The average Bonchev–Trinajstić information content (AvgIpc) is 2.96. The zero-order chi connectivity index (χ0) is 19.9. The molecule has 8 heteroatoms. The third-order valence-electron chi connectivity index (χ3n) is 4.29. The maximum Gasteiger partial charge on any atom is 0.191 e. The molecule has 0 bridgehead atoms. The quantitative estimate of drug-likeness (QED) is 0.454. The standard InChI is InChI=1S/C19H31N3O4S/c1-4-20-19(21-11-15-9-10-27(24,25)13-15)22-12-18(23)16-5-7-17(8-6-16)26-14(2)3/h5-8,14-15,18,23H,4,9-13H2,1-3H3,(H2,20,21,22). The van der Waals surface area contributed by atoms with Crippen molar-refractivity contribution in [2.75, 3.05) is 31.1 Å². The second-order valence-electron chi connectivity index (χ2n) is 7.12. The number of rotatable bonds is 8. The molecule has 152 valence electrons. The fourth-order valence-corrected chi connectivity index (χ4v) is 4.80. The summed E-state index contributed by atoms with van der Waals surface area (Å²) in [5, 5.41) is 16.7. The van der Waals surface area contributed by atoms with Gasteiger partial charge in [0.2, 0.25) is 0 Å². The Labute approximate surface area is 162 Å². The summed E-state index contributed by atoms with van der Waals surface area (Å²) >= 11 is 0. The summed E-state index contributed by atoms with van der Waals surface area (Å²) in [5.74, 6) is 1.96. The average molecular weight is 398 g/mol. The van der Waals surface area contributed by atoms with E-state index in [0.29, 0.717) is 25.5 Å². The van der Waals surface area contributed by atoms with Gasteiger partial charge in [-0.15, -0.1) is 0 Å². The third-order valence-corrected chi connectivity index (χ3v) is 6.13. The largest absolute Gasteiger partial charge is 0.491 e. The van der Waals surface area contributed by atoms with Crippen molar-refractivity contribution in [3.8, 4) is 5.75 Å². The maximum absolute atomic E-state index is 11.6. The molecule has 2 rings (SSSR count). The number of aliphatic imine (C=N–C) groups is 1. The Hall–Kier alpha value is -1.80. The third kappa shape index (κ3) is 7.38. The highest BCUT2D eigenvalue weighted by molar-refractivity contribution is 7.91. The number of aliphatic hydroxyl groups excluding tert-OH is 1. The second kappa shape index (κ2) is 9.94. The Morgan fingerprint density at radius 3 is 2.56 bits per heavy atom. The van der Waals surface area contributed by atoms with Crippen LogP contribution in [0.15, 0.2) is 29.3 Å². The van der Waals surface area contributed by atoms with Crippen LogP contribution in [0.3, 0.4) is 0 Å². The lowest BCUT2D eigenvalue weighted by molar-refractivity contribution is 0.186. The number of nitrogens with one attached hydrogen (secondary N) is 2. The van der Waals surface area contributed by atoms with Gasteiger partial charge in [0.1, 0.15) is 5.75 Å². The van der Waals surface area contributed by atoms with Gasteiger partial charge in [0, 0.05) is 13.1 Å². The van der Waals surface area contributed by atoms with E-state index in [1.54, 1.807) is 0 Å². The first kappa shape index (κ1) is 21.5. The molecule has 1 aliphatic heterocycles. The van der Waals surface area contributed by atoms with Gasteiger partial charge in [-0.1, -0.05) is 12.1 Å². The number of hydrogen-bond donors (Lipinski definition) is 3. The molecule has 1 aromatic carbocycles. The van der Waals surface area contributed by atoms with Crippen LogP contribution in [-0.4, -0.2) is 56.7 Å². The Bertz CT molecular complexity index is 717. The SMILES string of the molecule is CCNC(=NCC(O)c1ccc(OC(C)C)cc1)NCC1CCS(=O)(=O)C1. The maximum atomic E-state index is 11.6. The van der Waals surface area contributed by atoms with Crippen LogP contribution in [0.1, 0.15) is 38.9 Å². The van der Waals surface area contributed by atoms with E-state index in [4.69, 9.17) is 4.74 Å². The highest BCUT2D eigenvalue weighted by Gasteiger charge is 2.27. The Morgan fingerprint density at radius 2 is 2.00 bits per heavy atom. The van der Waals surface area contributed by atoms with Crippen molar-refractivity contribution in [3.63, 3.8) is 0 Å². The minimum Gasteiger partial charge on any atom is -0.491 e. The number of hydrogen-bond acceptors (Lipinski definition) is 5. The number of nitrogens with zero attached hydrogens (tertiary/aromatic N) is 1. The summed E-state index contributed by atoms with van der Waals surface area (Å²) in [6.07, 6.45) is 0.0664. The van der Waals surface area contributed by atoms with Crippen molar-refractivity contribution in [1.82, 2.24) is 10.6 Å². The van der Waals surface area contributed by atoms with E-state index >= 15 is 0 Å². The lowest BCUT2D eigenvalue weighted by Crippen LogP contribution is -2.40. The molecule has 1 aliphatic rings. The van der Waals surface area contributed by atoms with Gasteiger partial charge >= 0.3 is 0 Å². The predicted octanol–water partition coefficient (Wildman–Crippen LogP) is 1.50. The molecule has 3 N–H and O–H groups in total. The van der Waals surface area contributed by atoms with Crippen LogP contribution >= 0.6 is 0 Å². The summed E-state index contributed by atoms with van der Waals surface area (Å²) in [6.45, 7) is 7.35. The lowest BCUT2D eigenvalue weighted by atomic mass is 10.1. The molecular weight excluding hydrogens is 366 g/mol. The molecule has 0 radical (unpaired) electrons. The summed E-state index contributed by atoms with van der Waals surface area (Å²) in [4.78, 5) is 4.42. The molecule has 2 unspecified atom stereocenters. The van der Waals surface area contributed by atoms with E-state index in [-0.39, 0.29) is 30.1 Å². The van der Waals surface area contributed by atoms with Gasteiger partial charge in [0.25, 0.3) is 0 Å². The minimum absolute atomic E-state index is 0.106. The molecule has 0 spiro atoms. The summed E-state index contributed by atoms with van der Waals surface area (Å²) in [5.41, 5.74) is 0.771. The van der Waals surface area contributed by atoms with Gasteiger partial charge in [0.05, 0.1) is 30.3 Å².